The zero-order chi connectivity index (χ0) is 11.1. The third-order valence-electron chi connectivity index (χ3n) is 3.05. The van der Waals surface area contributed by atoms with E-state index in [0.29, 0.717) is 0 Å². The van der Waals surface area contributed by atoms with Crippen LogP contribution in [0.1, 0.15) is 32.1 Å². The van der Waals surface area contributed by atoms with Crippen LogP contribution in [0.2, 0.25) is 0 Å². The molecule has 1 rings (SSSR count). The van der Waals surface area contributed by atoms with E-state index in [-0.39, 0.29) is 11.9 Å². The van der Waals surface area contributed by atoms with Gasteiger partial charge in [0, 0.05) is 20.3 Å². The molecule has 0 aromatic carbocycles. The summed E-state index contributed by atoms with van der Waals surface area (Å²) in [4.78, 5) is 11.1. The number of hydrogen-bond acceptors (Lipinski definition) is 3. The summed E-state index contributed by atoms with van der Waals surface area (Å²) in [6, 6.07) is -0.338. The molecular formula is C11H22N2O2. The van der Waals surface area contributed by atoms with Gasteiger partial charge >= 0.3 is 0 Å². The maximum atomic E-state index is 11.1. The van der Waals surface area contributed by atoms with Gasteiger partial charge in [0.05, 0.1) is 6.04 Å². The molecule has 0 aromatic heterocycles. The Kier molecular flexibility index (Phi) is 5.65. The van der Waals surface area contributed by atoms with E-state index in [1.165, 1.54) is 6.42 Å². The lowest BCUT2D eigenvalue weighted by molar-refractivity contribution is -0.122. The van der Waals surface area contributed by atoms with Gasteiger partial charge in [0.2, 0.25) is 5.91 Å². The van der Waals surface area contributed by atoms with E-state index in [9.17, 15) is 4.79 Å². The first-order valence-electron chi connectivity index (χ1n) is 5.79. The molecule has 1 saturated heterocycles. The van der Waals surface area contributed by atoms with Gasteiger partial charge in [-0.05, 0) is 25.2 Å². The summed E-state index contributed by atoms with van der Waals surface area (Å²) in [5.74, 6) is 0.720. The first-order chi connectivity index (χ1) is 7.24. The summed E-state index contributed by atoms with van der Waals surface area (Å²) in [5, 5.41) is 2.57. The molecule has 15 heavy (non-hydrogen) atoms. The Balaban J connectivity index is 2.07. The molecule has 1 aliphatic heterocycles. The van der Waals surface area contributed by atoms with E-state index >= 15 is 0 Å². The Bertz CT molecular complexity index is 191. The zero-order valence-corrected chi connectivity index (χ0v) is 9.50. The van der Waals surface area contributed by atoms with Gasteiger partial charge < -0.3 is 15.8 Å². The van der Waals surface area contributed by atoms with Crippen molar-refractivity contribution in [3.8, 4) is 0 Å². The van der Waals surface area contributed by atoms with Crippen LogP contribution in [-0.4, -0.2) is 32.2 Å². The third-order valence-corrected chi connectivity index (χ3v) is 3.05. The van der Waals surface area contributed by atoms with Crippen molar-refractivity contribution in [2.75, 3.05) is 20.3 Å². The Morgan fingerprint density at radius 2 is 2.20 bits per heavy atom. The van der Waals surface area contributed by atoms with Gasteiger partial charge in [-0.25, -0.2) is 0 Å². The molecule has 0 bridgehead atoms. The van der Waals surface area contributed by atoms with Crippen LogP contribution < -0.4 is 11.1 Å². The lowest BCUT2D eigenvalue weighted by Gasteiger charge is -2.22. The van der Waals surface area contributed by atoms with Crippen LogP contribution in [-0.2, 0) is 9.53 Å². The summed E-state index contributed by atoms with van der Waals surface area (Å²) >= 11 is 0. The Morgan fingerprint density at radius 3 is 2.80 bits per heavy atom. The maximum absolute atomic E-state index is 11.1. The Hall–Kier alpha value is -0.610. The molecule has 1 heterocycles. The van der Waals surface area contributed by atoms with Crippen molar-refractivity contribution in [2.45, 2.75) is 38.1 Å². The number of likely N-dealkylation sites (N-methyl/N-ethyl adjacent to an activating group) is 1. The van der Waals surface area contributed by atoms with Crippen LogP contribution in [0, 0.1) is 5.92 Å². The second kappa shape index (κ2) is 6.80. The molecule has 1 aliphatic rings. The molecule has 0 spiro atoms. The van der Waals surface area contributed by atoms with E-state index in [2.05, 4.69) is 5.32 Å². The largest absolute Gasteiger partial charge is 0.381 e. The van der Waals surface area contributed by atoms with E-state index in [1.807, 2.05) is 0 Å². The lowest BCUT2D eigenvalue weighted by atomic mass is 9.93. The third kappa shape index (κ3) is 4.62. The molecule has 0 aliphatic carbocycles. The SMILES string of the molecule is CNC(=O)[C@@H](N)CCCC1CCOCC1. The van der Waals surface area contributed by atoms with Crippen molar-refractivity contribution in [1.29, 1.82) is 0 Å². The minimum absolute atomic E-state index is 0.0537. The van der Waals surface area contributed by atoms with Crippen LogP contribution in [0.25, 0.3) is 0 Å². The summed E-state index contributed by atoms with van der Waals surface area (Å²) < 4.78 is 5.29. The lowest BCUT2D eigenvalue weighted by Crippen LogP contribution is -2.38. The summed E-state index contributed by atoms with van der Waals surface area (Å²) in [6.07, 6.45) is 5.33. The standard InChI is InChI=1S/C11H22N2O2/c1-13-11(14)10(12)4-2-3-9-5-7-15-8-6-9/h9-10H,2-8,12H2,1H3,(H,13,14)/t10-/m0/s1. The van der Waals surface area contributed by atoms with E-state index in [1.54, 1.807) is 7.05 Å². The molecule has 0 aromatic rings. The summed E-state index contributed by atoms with van der Waals surface area (Å²) in [6.45, 7) is 1.79. The number of nitrogens with one attached hydrogen (secondary N) is 1. The minimum Gasteiger partial charge on any atom is -0.381 e. The smallest absolute Gasteiger partial charge is 0.236 e. The highest BCUT2D eigenvalue weighted by Gasteiger charge is 2.15. The number of rotatable bonds is 5. The summed E-state index contributed by atoms with van der Waals surface area (Å²) in [7, 11) is 1.63. The normalized spacial score (nSPS) is 19.9. The van der Waals surface area contributed by atoms with Crippen LogP contribution >= 0.6 is 0 Å². The van der Waals surface area contributed by atoms with Gasteiger partial charge in [0.15, 0.2) is 0 Å². The van der Waals surface area contributed by atoms with E-state index in [4.69, 9.17) is 10.5 Å². The Morgan fingerprint density at radius 1 is 1.53 bits per heavy atom. The molecule has 3 N–H and O–H groups in total. The quantitative estimate of drug-likeness (QED) is 0.706. The van der Waals surface area contributed by atoms with Gasteiger partial charge in [-0.3, -0.25) is 4.79 Å². The monoisotopic (exact) mass is 214 g/mol. The molecule has 0 unspecified atom stereocenters. The molecule has 88 valence electrons. The molecule has 0 radical (unpaired) electrons. The van der Waals surface area contributed by atoms with Gasteiger partial charge in [-0.2, -0.15) is 0 Å². The van der Waals surface area contributed by atoms with Crippen molar-refractivity contribution in [2.24, 2.45) is 11.7 Å². The molecule has 4 heteroatoms. The molecule has 4 nitrogen and oxygen atoms in total. The fraction of sp³-hybridized carbons (Fsp3) is 0.909. The van der Waals surface area contributed by atoms with Gasteiger partial charge in [0.1, 0.15) is 0 Å². The first kappa shape index (κ1) is 12.5. The van der Waals surface area contributed by atoms with E-state index in [0.717, 1.165) is 44.8 Å². The topological polar surface area (TPSA) is 64.4 Å². The Labute approximate surface area is 91.5 Å². The second-order valence-corrected chi connectivity index (χ2v) is 4.21. The highest BCUT2D eigenvalue weighted by molar-refractivity contribution is 5.81. The molecule has 1 amide bonds. The van der Waals surface area contributed by atoms with Crippen LogP contribution in [0.3, 0.4) is 0 Å². The van der Waals surface area contributed by atoms with Gasteiger partial charge in [-0.1, -0.05) is 12.8 Å². The number of hydrogen-bond donors (Lipinski definition) is 2. The number of carbonyl (C=O) groups excluding carboxylic acids is 1. The van der Waals surface area contributed by atoms with Gasteiger partial charge in [-0.15, -0.1) is 0 Å². The first-order valence-corrected chi connectivity index (χ1v) is 5.79. The van der Waals surface area contributed by atoms with E-state index < -0.39 is 0 Å². The number of nitrogens with two attached hydrogens (primary N) is 1. The number of carbonyl (C=O) groups is 1. The fourth-order valence-corrected chi connectivity index (χ4v) is 1.98. The summed E-state index contributed by atoms with van der Waals surface area (Å²) in [5.41, 5.74) is 5.71. The molecular weight excluding hydrogens is 192 g/mol. The number of ether oxygens (including phenoxy) is 1. The highest BCUT2D eigenvalue weighted by Crippen LogP contribution is 2.20. The average molecular weight is 214 g/mol. The van der Waals surface area contributed by atoms with Crippen molar-refractivity contribution in [3.05, 3.63) is 0 Å². The number of amides is 1. The van der Waals surface area contributed by atoms with Crippen molar-refractivity contribution in [3.63, 3.8) is 0 Å². The van der Waals surface area contributed by atoms with Crippen molar-refractivity contribution >= 4 is 5.91 Å². The second-order valence-electron chi connectivity index (χ2n) is 4.21. The zero-order valence-electron chi connectivity index (χ0n) is 9.50. The van der Waals surface area contributed by atoms with Crippen LogP contribution in [0.15, 0.2) is 0 Å². The molecule has 0 saturated carbocycles. The maximum Gasteiger partial charge on any atom is 0.236 e. The van der Waals surface area contributed by atoms with Crippen LogP contribution in [0.5, 0.6) is 0 Å². The average Bonchev–Trinajstić information content (AvgIpc) is 2.29. The minimum atomic E-state index is -0.338. The molecule has 1 atom stereocenters. The predicted molar refractivity (Wildman–Crippen MR) is 59.4 cm³/mol. The van der Waals surface area contributed by atoms with Crippen LogP contribution in [0.4, 0.5) is 0 Å². The van der Waals surface area contributed by atoms with Gasteiger partial charge in [0.25, 0.3) is 0 Å². The molecule has 1 fully saturated rings. The van der Waals surface area contributed by atoms with Crippen molar-refractivity contribution in [1.82, 2.24) is 5.32 Å². The predicted octanol–water partition coefficient (Wildman–Crippen LogP) is 0.657. The fourth-order valence-electron chi connectivity index (χ4n) is 1.98. The van der Waals surface area contributed by atoms with Crippen molar-refractivity contribution < 1.29 is 9.53 Å². The highest BCUT2D eigenvalue weighted by atomic mass is 16.5.